The number of amides is 3. The van der Waals surface area contributed by atoms with Gasteiger partial charge < -0.3 is 24.6 Å². The topological polar surface area (TPSA) is 88.2 Å². The Kier molecular flexibility index (Phi) is 9.14. The fourth-order valence-corrected chi connectivity index (χ4v) is 2.77. The predicted molar refractivity (Wildman–Crippen MR) is 88.5 cm³/mol. The first-order valence-corrected chi connectivity index (χ1v) is 8.44. The molecule has 1 heterocycles. The van der Waals surface area contributed by atoms with Gasteiger partial charge in [0.2, 0.25) is 11.8 Å². The van der Waals surface area contributed by atoms with Crippen LogP contribution in [-0.2, 0) is 19.1 Å². The smallest absolute Gasteiger partial charge is 0.409 e. The summed E-state index contributed by atoms with van der Waals surface area (Å²) in [5.41, 5.74) is 0. The van der Waals surface area contributed by atoms with Crippen LogP contribution in [0.1, 0.15) is 33.1 Å². The van der Waals surface area contributed by atoms with Crippen molar-refractivity contribution in [3.05, 3.63) is 0 Å². The van der Waals surface area contributed by atoms with Crippen molar-refractivity contribution in [3.8, 4) is 0 Å². The largest absolute Gasteiger partial charge is 0.450 e. The first-order valence-electron chi connectivity index (χ1n) is 8.44. The van der Waals surface area contributed by atoms with Gasteiger partial charge in [-0.05, 0) is 19.8 Å². The first-order chi connectivity index (χ1) is 11.5. The summed E-state index contributed by atoms with van der Waals surface area (Å²) in [5.74, 6) is -0.142. The van der Waals surface area contributed by atoms with Crippen molar-refractivity contribution in [3.63, 3.8) is 0 Å². The molecule has 1 saturated heterocycles. The van der Waals surface area contributed by atoms with Crippen LogP contribution in [0.15, 0.2) is 0 Å². The zero-order valence-electron chi connectivity index (χ0n) is 14.9. The van der Waals surface area contributed by atoms with Gasteiger partial charge in [-0.1, -0.05) is 0 Å². The highest BCUT2D eigenvalue weighted by Gasteiger charge is 2.28. The minimum Gasteiger partial charge on any atom is -0.450 e. The van der Waals surface area contributed by atoms with Gasteiger partial charge in [-0.2, -0.15) is 0 Å². The lowest BCUT2D eigenvalue weighted by Crippen LogP contribution is -2.49. The molecule has 0 atom stereocenters. The molecule has 0 bridgehead atoms. The van der Waals surface area contributed by atoms with Crippen molar-refractivity contribution < 1.29 is 23.9 Å². The number of likely N-dealkylation sites (tertiary alicyclic amines) is 1. The maximum atomic E-state index is 11.9. The van der Waals surface area contributed by atoms with Gasteiger partial charge in [-0.25, -0.2) is 4.79 Å². The molecule has 0 aromatic rings. The van der Waals surface area contributed by atoms with Gasteiger partial charge in [0, 0.05) is 52.7 Å². The van der Waals surface area contributed by atoms with E-state index in [0.717, 1.165) is 0 Å². The Balaban J connectivity index is 2.42. The van der Waals surface area contributed by atoms with Crippen LogP contribution in [0.25, 0.3) is 0 Å². The zero-order chi connectivity index (χ0) is 17.9. The number of nitrogens with one attached hydrogen (secondary N) is 1. The number of rotatable bonds is 8. The number of piperidine rings is 1. The quantitative estimate of drug-likeness (QED) is 0.652. The van der Waals surface area contributed by atoms with E-state index in [-0.39, 0.29) is 30.4 Å². The Bertz CT molecular complexity index is 422. The molecule has 1 fully saturated rings. The normalized spacial score (nSPS) is 15.0. The van der Waals surface area contributed by atoms with Crippen LogP contribution < -0.4 is 5.32 Å². The molecule has 0 aliphatic carbocycles. The van der Waals surface area contributed by atoms with Gasteiger partial charge in [-0.15, -0.1) is 0 Å². The molecule has 0 aromatic carbocycles. The third-order valence-corrected chi connectivity index (χ3v) is 4.04. The second-order valence-electron chi connectivity index (χ2n) is 5.72. The summed E-state index contributed by atoms with van der Waals surface area (Å²) in [6.45, 7) is 6.09. The van der Waals surface area contributed by atoms with Crippen LogP contribution >= 0.6 is 0 Å². The van der Waals surface area contributed by atoms with Crippen molar-refractivity contribution in [1.82, 2.24) is 15.1 Å². The predicted octanol–water partition coefficient (Wildman–Crippen LogP) is 0.609. The van der Waals surface area contributed by atoms with E-state index in [4.69, 9.17) is 9.47 Å². The number of hydrogen-bond acceptors (Lipinski definition) is 5. The number of ether oxygens (including phenoxy) is 2. The van der Waals surface area contributed by atoms with Crippen LogP contribution in [0.2, 0.25) is 0 Å². The molecule has 3 amide bonds. The third kappa shape index (κ3) is 6.74. The minimum absolute atomic E-state index is 0.0470. The van der Waals surface area contributed by atoms with Crippen molar-refractivity contribution in [2.75, 3.05) is 46.5 Å². The van der Waals surface area contributed by atoms with Crippen LogP contribution in [0.3, 0.4) is 0 Å². The van der Waals surface area contributed by atoms with Crippen LogP contribution in [0.5, 0.6) is 0 Å². The summed E-state index contributed by atoms with van der Waals surface area (Å²) in [6, 6.07) is 0.0555. The average molecular weight is 343 g/mol. The molecule has 138 valence electrons. The van der Waals surface area contributed by atoms with Crippen molar-refractivity contribution in [1.29, 1.82) is 0 Å². The molecule has 1 rings (SSSR count). The van der Waals surface area contributed by atoms with Gasteiger partial charge in [0.15, 0.2) is 0 Å². The molecule has 1 aliphatic heterocycles. The SMILES string of the molecule is CCOC(=O)N1CCC(N(CCC(=O)NCCOC)C(C)=O)CC1. The van der Waals surface area contributed by atoms with Crippen molar-refractivity contribution in [2.24, 2.45) is 0 Å². The number of carbonyl (C=O) groups is 3. The molecule has 1 aliphatic rings. The fraction of sp³-hybridized carbons (Fsp3) is 0.812. The third-order valence-electron chi connectivity index (χ3n) is 4.04. The van der Waals surface area contributed by atoms with Gasteiger partial charge in [-0.3, -0.25) is 9.59 Å². The molecule has 0 aromatic heterocycles. The van der Waals surface area contributed by atoms with Gasteiger partial charge in [0.1, 0.15) is 0 Å². The van der Waals surface area contributed by atoms with E-state index >= 15 is 0 Å². The molecule has 0 spiro atoms. The lowest BCUT2D eigenvalue weighted by molar-refractivity contribution is -0.132. The maximum absolute atomic E-state index is 11.9. The number of methoxy groups -OCH3 is 1. The summed E-state index contributed by atoms with van der Waals surface area (Å²) in [4.78, 5) is 38.8. The molecular weight excluding hydrogens is 314 g/mol. The molecule has 1 N–H and O–H groups in total. The summed E-state index contributed by atoms with van der Waals surface area (Å²) in [7, 11) is 1.58. The molecule has 24 heavy (non-hydrogen) atoms. The molecule has 8 nitrogen and oxygen atoms in total. The highest BCUT2D eigenvalue weighted by Crippen LogP contribution is 2.18. The van der Waals surface area contributed by atoms with E-state index in [1.54, 1.807) is 23.8 Å². The van der Waals surface area contributed by atoms with E-state index in [2.05, 4.69) is 5.32 Å². The average Bonchev–Trinajstić information content (AvgIpc) is 2.56. The number of nitrogens with zero attached hydrogens (tertiary/aromatic N) is 2. The lowest BCUT2D eigenvalue weighted by Gasteiger charge is -2.37. The molecule has 0 saturated carbocycles. The Labute approximate surface area is 143 Å². The summed E-state index contributed by atoms with van der Waals surface area (Å²) >= 11 is 0. The summed E-state index contributed by atoms with van der Waals surface area (Å²) in [6.07, 6.45) is 1.36. The van der Waals surface area contributed by atoms with E-state index in [1.165, 1.54) is 6.92 Å². The molecule has 0 unspecified atom stereocenters. The Morgan fingerprint density at radius 1 is 1.25 bits per heavy atom. The molecule has 8 heteroatoms. The fourth-order valence-electron chi connectivity index (χ4n) is 2.77. The van der Waals surface area contributed by atoms with Crippen LogP contribution in [0.4, 0.5) is 4.79 Å². The van der Waals surface area contributed by atoms with Crippen LogP contribution in [-0.4, -0.2) is 80.3 Å². The van der Waals surface area contributed by atoms with Gasteiger partial charge in [0.05, 0.1) is 13.2 Å². The lowest BCUT2D eigenvalue weighted by atomic mass is 10.0. The summed E-state index contributed by atoms with van der Waals surface area (Å²) in [5, 5.41) is 2.75. The number of hydrogen-bond donors (Lipinski definition) is 1. The monoisotopic (exact) mass is 343 g/mol. The molecule has 0 radical (unpaired) electrons. The van der Waals surface area contributed by atoms with Crippen molar-refractivity contribution >= 4 is 17.9 Å². The Morgan fingerprint density at radius 3 is 2.46 bits per heavy atom. The first kappa shape index (κ1) is 20.2. The molecular formula is C16H29N3O5. The maximum Gasteiger partial charge on any atom is 0.409 e. The van der Waals surface area contributed by atoms with E-state index < -0.39 is 0 Å². The summed E-state index contributed by atoms with van der Waals surface area (Å²) < 4.78 is 9.87. The van der Waals surface area contributed by atoms with Crippen molar-refractivity contribution in [2.45, 2.75) is 39.2 Å². The standard InChI is InChI=1S/C16H29N3O5/c1-4-24-16(22)18-9-5-14(6-10-18)19(13(2)20)11-7-15(21)17-8-12-23-3/h14H,4-12H2,1-3H3,(H,17,21). The second kappa shape index (κ2) is 10.9. The van der Waals surface area contributed by atoms with E-state index in [1.807, 2.05) is 0 Å². The Hall–Kier alpha value is -1.83. The highest BCUT2D eigenvalue weighted by atomic mass is 16.6. The highest BCUT2D eigenvalue weighted by molar-refractivity contribution is 5.78. The van der Waals surface area contributed by atoms with E-state index in [9.17, 15) is 14.4 Å². The van der Waals surface area contributed by atoms with Crippen LogP contribution in [0, 0.1) is 0 Å². The van der Waals surface area contributed by atoms with Gasteiger partial charge >= 0.3 is 6.09 Å². The zero-order valence-corrected chi connectivity index (χ0v) is 14.9. The Morgan fingerprint density at radius 2 is 1.92 bits per heavy atom. The van der Waals surface area contributed by atoms with E-state index in [0.29, 0.717) is 52.2 Å². The van der Waals surface area contributed by atoms with Gasteiger partial charge in [0.25, 0.3) is 0 Å². The minimum atomic E-state index is -0.303. The number of carbonyl (C=O) groups excluding carboxylic acids is 3. The second-order valence-corrected chi connectivity index (χ2v) is 5.72.